The van der Waals surface area contributed by atoms with Crippen LogP contribution >= 0.6 is 12.4 Å². The topological polar surface area (TPSA) is 30.9 Å². The molecule has 0 amide bonds. The van der Waals surface area contributed by atoms with Crippen molar-refractivity contribution in [2.75, 3.05) is 41.0 Å². The van der Waals surface area contributed by atoms with Crippen molar-refractivity contribution in [1.29, 1.82) is 0 Å². The van der Waals surface area contributed by atoms with Crippen LogP contribution in [0.3, 0.4) is 0 Å². The lowest BCUT2D eigenvalue weighted by molar-refractivity contribution is 0.322. The molecule has 0 aromatic heterocycles. The predicted molar refractivity (Wildman–Crippen MR) is 82.6 cm³/mol. The molecule has 112 valence electrons. The number of nitrogens with zero attached hydrogens (tertiary/aromatic N) is 1. The van der Waals surface area contributed by atoms with E-state index in [4.69, 9.17) is 14.2 Å². The highest BCUT2D eigenvalue weighted by Gasteiger charge is 2.14. The van der Waals surface area contributed by atoms with Gasteiger partial charge < -0.3 is 14.2 Å². The van der Waals surface area contributed by atoms with E-state index in [1.54, 1.807) is 21.3 Å². The highest BCUT2D eigenvalue weighted by Crippen LogP contribution is 2.38. The van der Waals surface area contributed by atoms with E-state index in [9.17, 15) is 0 Å². The number of rotatable bonds is 6. The standard InChI is InChI=1S/C15H21NO3.ClH/c1-17-13-10-12(6-9-16-7-4-5-8-16)11-14(18-2)15(13)19-3;/h4-5,10-11H,6-9H2,1-3H3;1H. The first kappa shape index (κ1) is 16.7. The van der Waals surface area contributed by atoms with Crippen molar-refractivity contribution in [2.45, 2.75) is 6.42 Å². The number of ether oxygens (including phenoxy) is 3. The fraction of sp³-hybridized carbons (Fsp3) is 0.467. The summed E-state index contributed by atoms with van der Waals surface area (Å²) in [5, 5.41) is 0. The Morgan fingerprint density at radius 3 is 1.95 bits per heavy atom. The van der Waals surface area contributed by atoms with E-state index in [0.29, 0.717) is 5.75 Å². The summed E-state index contributed by atoms with van der Waals surface area (Å²) < 4.78 is 16.0. The second-order valence-electron chi connectivity index (χ2n) is 4.51. The van der Waals surface area contributed by atoms with Crippen LogP contribution in [0.1, 0.15) is 5.56 Å². The first-order valence-corrected chi connectivity index (χ1v) is 6.44. The Kier molecular flexibility index (Phi) is 6.68. The summed E-state index contributed by atoms with van der Waals surface area (Å²) in [6, 6.07) is 4.04. The van der Waals surface area contributed by atoms with E-state index in [0.717, 1.165) is 37.6 Å². The molecule has 2 rings (SSSR count). The van der Waals surface area contributed by atoms with E-state index in [-0.39, 0.29) is 12.4 Å². The van der Waals surface area contributed by atoms with E-state index in [1.807, 2.05) is 12.1 Å². The SMILES string of the molecule is COc1cc(CCN2CC=CC2)cc(OC)c1OC.Cl. The Bertz CT molecular complexity index is 429. The number of benzene rings is 1. The molecular weight excluding hydrogens is 278 g/mol. The monoisotopic (exact) mass is 299 g/mol. The Morgan fingerprint density at radius 1 is 0.950 bits per heavy atom. The van der Waals surface area contributed by atoms with Crippen LogP contribution in [0.25, 0.3) is 0 Å². The minimum Gasteiger partial charge on any atom is -0.493 e. The first-order valence-electron chi connectivity index (χ1n) is 6.44. The highest BCUT2D eigenvalue weighted by molar-refractivity contribution is 5.85. The summed E-state index contributed by atoms with van der Waals surface area (Å²) in [6.07, 6.45) is 5.38. The largest absolute Gasteiger partial charge is 0.493 e. The smallest absolute Gasteiger partial charge is 0.203 e. The molecule has 0 aliphatic carbocycles. The van der Waals surface area contributed by atoms with Crippen LogP contribution in [0.5, 0.6) is 17.2 Å². The van der Waals surface area contributed by atoms with Gasteiger partial charge in [0.2, 0.25) is 5.75 Å². The minimum atomic E-state index is 0. The molecule has 1 aromatic rings. The van der Waals surface area contributed by atoms with Crippen molar-refractivity contribution in [1.82, 2.24) is 4.90 Å². The lowest BCUT2D eigenvalue weighted by atomic mass is 10.1. The highest BCUT2D eigenvalue weighted by atomic mass is 35.5. The molecule has 0 fully saturated rings. The summed E-state index contributed by atoms with van der Waals surface area (Å²) >= 11 is 0. The van der Waals surface area contributed by atoms with Crippen LogP contribution < -0.4 is 14.2 Å². The fourth-order valence-corrected chi connectivity index (χ4v) is 2.27. The fourth-order valence-electron chi connectivity index (χ4n) is 2.27. The molecule has 1 aliphatic rings. The quantitative estimate of drug-likeness (QED) is 0.756. The molecule has 0 unspecified atom stereocenters. The Morgan fingerprint density at radius 2 is 1.50 bits per heavy atom. The molecule has 0 radical (unpaired) electrons. The molecule has 0 spiro atoms. The van der Waals surface area contributed by atoms with Crippen molar-refractivity contribution in [3.8, 4) is 17.2 Å². The molecule has 20 heavy (non-hydrogen) atoms. The predicted octanol–water partition coefficient (Wildman–Crippen LogP) is 2.55. The van der Waals surface area contributed by atoms with Gasteiger partial charge in [0.1, 0.15) is 0 Å². The zero-order valence-electron chi connectivity index (χ0n) is 12.2. The Labute approximate surface area is 126 Å². The third kappa shape index (κ3) is 3.81. The maximum absolute atomic E-state index is 5.36. The average Bonchev–Trinajstić information content (AvgIpc) is 2.97. The minimum absolute atomic E-state index is 0. The van der Waals surface area contributed by atoms with Crippen molar-refractivity contribution in [3.63, 3.8) is 0 Å². The summed E-state index contributed by atoms with van der Waals surface area (Å²) in [6.45, 7) is 3.13. The van der Waals surface area contributed by atoms with Gasteiger partial charge in [-0.1, -0.05) is 12.2 Å². The van der Waals surface area contributed by atoms with Crippen molar-refractivity contribution < 1.29 is 14.2 Å². The van der Waals surface area contributed by atoms with E-state index < -0.39 is 0 Å². The third-order valence-electron chi connectivity index (χ3n) is 3.34. The van der Waals surface area contributed by atoms with E-state index in [1.165, 1.54) is 5.56 Å². The maximum Gasteiger partial charge on any atom is 0.203 e. The van der Waals surface area contributed by atoms with Crippen molar-refractivity contribution in [3.05, 3.63) is 29.8 Å². The van der Waals surface area contributed by atoms with Crippen LogP contribution in [0.4, 0.5) is 0 Å². The van der Waals surface area contributed by atoms with Gasteiger partial charge in [0.05, 0.1) is 21.3 Å². The summed E-state index contributed by atoms with van der Waals surface area (Å²) in [4.78, 5) is 2.39. The molecule has 0 N–H and O–H groups in total. The molecule has 5 heteroatoms. The zero-order chi connectivity index (χ0) is 13.7. The van der Waals surface area contributed by atoms with Gasteiger partial charge in [-0.2, -0.15) is 0 Å². The molecular formula is C15H22ClNO3. The van der Waals surface area contributed by atoms with E-state index >= 15 is 0 Å². The van der Waals surface area contributed by atoms with Gasteiger partial charge in [0.25, 0.3) is 0 Å². The summed E-state index contributed by atoms with van der Waals surface area (Å²) in [5.41, 5.74) is 1.20. The molecule has 0 saturated heterocycles. The van der Waals surface area contributed by atoms with Crippen LogP contribution in [0, 0.1) is 0 Å². The summed E-state index contributed by atoms with van der Waals surface area (Å²) in [5.74, 6) is 2.09. The second-order valence-corrected chi connectivity index (χ2v) is 4.51. The number of halogens is 1. The molecule has 1 heterocycles. The number of methoxy groups -OCH3 is 3. The van der Waals surface area contributed by atoms with Gasteiger partial charge in [0, 0.05) is 19.6 Å². The molecule has 0 atom stereocenters. The molecule has 1 aliphatic heterocycles. The van der Waals surface area contributed by atoms with Gasteiger partial charge >= 0.3 is 0 Å². The van der Waals surface area contributed by atoms with Crippen LogP contribution in [-0.4, -0.2) is 45.9 Å². The Balaban J connectivity index is 0.00000200. The van der Waals surface area contributed by atoms with Gasteiger partial charge in [-0.25, -0.2) is 0 Å². The normalized spacial score (nSPS) is 13.9. The lowest BCUT2D eigenvalue weighted by Gasteiger charge is -2.17. The number of hydrogen-bond acceptors (Lipinski definition) is 4. The lowest BCUT2D eigenvalue weighted by Crippen LogP contribution is -2.22. The summed E-state index contributed by atoms with van der Waals surface area (Å²) in [7, 11) is 4.91. The van der Waals surface area contributed by atoms with Gasteiger partial charge in [-0.15, -0.1) is 12.4 Å². The second kappa shape index (κ2) is 8.02. The third-order valence-corrected chi connectivity index (χ3v) is 3.34. The number of hydrogen-bond donors (Lipinski definition) is 0. The molecule has 0 bridgehead atoms. The van der Waals surface area contributed by atoms with Crippen LogP contribution in [-0.2, 0) is 6.42 Å². The Hall–Kier alpha value is -1.39. The van der Waals surface area contributed by atoms with Crippen molar-refractivity contribution in [2.24, 2.45) is 0 Å². The molecule has 1 aromatic carbocycles. The van der Waals surface area contributed by atoms with Gasteiger partial charge in [-0.05, 0) is 24.1 Å². The van der Waals surface area contributed by atoms with Gasteiger partial charge in [0.15, 0.2) is 11.5 Å². The average molecular weight is 300 g/mol. The first-order chi connectivity index (χ1) is 9.28. The van der Waals surface area contributed by atoms with Crippen LogP contribution in [0.2, 0.25) is 0 Å². The zero-order valence-corrected chi connectivity index (χ0v) is 13.0. The van der Waals surface area contributed by atoms with Gasteiger partial charge in [-0.3, -0.25) is 4.90 Å². The molecule has 0 saturated carbocycles. The van der Waals surface area contributed by atoms with E-state index in [2.05, 4.69) is 17.1 Å². The maximum atomic E-state index is 5.36. The molecule has 4 nitrogen and oxygen atoms in total. The van der Waals surface area contributed by atoms with Crippen molar-refractivity contribution >= 4 is 12.4 Å². The van der Waals surface area contributed by atoms with Crippen LogP contribution in [0.15, 0.2) is 24.3 Å².